The van der Waals surface area contributed by atoms with Crippen LogP contribution in [0.1, 0.15) is 12.5 Å². The third kappa shape index (κ3) is 4.09. The van der Waals surface area contributed by atoms with E-state index in [-0.39, 0.29) is 33.8 Å². The first-order valence-corrected chi connectivity index (χ1v) is 10.9. The minimum atomic E-state index is -4.09. The van der Waals surface area contributed by atoms with Crippen LogP contribution in [0.3, 0.4) is 0 Å². The molecule has 1 heterocycles. The Kier molecular flexibility index (Phi) is 6.02. The summed E-state index contributed by atoms with van der Waals surface area (Å²) >= 11 is 15.5. The molecule has 0 aliphatic carbocycles. The molecule has 2 aromatic rings. The van der Waals surface area contributed by atoms with Crippen LogP contribution in [-0.4, -0.2) is 31.5 Å². The molecule has 0 amide bonds. The lowest BCUT2D eigenvalue weighted by atomic mass is 10.2. The molecular formula is C17H15BrCl2N2O4S. The maximum atomic E-state index is 13.3. The van der Waals surface area contributed by atoms with Gasteiger partial charge in [-0.1, -0.05) is 51.3 Å². The monoisotopic (exact) mass is 492 g/mol. The van der Waals surface area contributed by atoms with Crippen molar-refractivity contribution >= 4 is 60.8 Å². The average molecular weight is 494 g/mol. The zero-order valence-electron chi connectivity index (χ0n) is 14.1. The van der Waals surface area contributed by atoms with E-state index in [1.54, 1.807) is 25.1 Å². The fourth-order valence-electron chi connectivity index (χ4n) is 2.79. The summed E-state index contributed by atoms with van der Waals surface area (Å²) in [5.41, 5.74) is 0.855. The lowest BCUT2D eigenvalue weighted by Gasteiger charge is -2.36. The lowest BCUT2D eigenvalue weighted by Crippen LogP contribution is -2.53. The van der Waals surface area contributed by atoms with Crippen molar-refractivity contribution in [2.24, 2.45) is 0 Å². The van der Waals surface area contributed by atoms with Gasteiger partial charge >= 0.3 is 5.97 Å². The highest BCUT2D eigenvalue weighted by molar-refractivity contribution is 9.10. The average Bonchev–Trinajstić information content (AvgIpc) is 2.56. The van der Waals surface area contributed by atoms with E-state index in [0.717, 1.165) is 8.78 Å². The van der Waals surface area contributed by atoms with Crippen LogP contribution in [0, 0.1) is 0 Å². The summed E-state index contributed by atoms with van der Waals surface area (Å²) in [6.45, 7) is 1.72. The first-order chi connectivity index (χ1) is 12.7. The third-order valence-electron chi connectivity index (χ3n) is 3.89. The molecule has 1 unspecified atom stereocenters. The molecule has 0 spiro atoms. The number of hydrogen-bond acceptors (Lipinski definition) is 5. The van der Waals surface area contributed by atoms with Gasteiger partial charge in [-0.15, -0.1) is 0 Å². The predicted molar refractivity (Wildman–Crippen MR) is 107 cm³/mol. The molecule has 0 saturated heterocycles. The minimum Gasteiger partial charge on any atom is -0.463 e. The van der Waals surface area contributed by atoms with E-state index in [1.165, 1.54) is 12.1 Å². The number of hydrogen-bond donors (Lipinski definition) is 1. The van der Waals surface area contributed by atoms with Gasteiger partial charge in [0.25, 0.3) is 0 Å². The minimum absolute atomic E-state index is 0.0217. The number of nitrogens with one attached hydrogen (secondary N) is 1. The number of esters is 1. The van der Waals surface area contributed by atoms with E-state index in [0.29, 0.717) is 5.56 Å². The molecule has 0 aromatic heterocycles. The molecule has 2 aromatic carbocycles. The van der Waals surface area contributed by atoms with Crippen molar-refractivity contribution in [2.75, 3.05) is 11.9 Å². The van der Waals surface area contributed by atoms with Crippen LogP contribution < -0.4 is 5.32 Å². The zero-order chi connectivity index (χ0) is 19.8. The van der Waals surface area contributed by atoms with Crippen LogP contribution in [-0.2, 0) is 26.1 Å². The summed E-state index contributed by atoms with van der Waals surface area (Å²) in [5.74, 6) is -0.710. The number of sulfonamides is 1. The number of ether oxygens (including phenoxy) is 1. The van der Waals surface area contributed by atoms with Crippen LogP contribution in [0.2, 0.25) is 10.0 Å². The second kappa shape index (κ2) is 7.97. The number of halogens is 3. The molecule has 0 bridgehead atoms. The largest absolute Gasteiger partial charge is 0.463 e. The second-order valence-corrected chi connectivity index (χ2v) is 9.33. The molecule has 0 fully saturated rings. The van der Waals surface area contributed by atoms with Gasteiger partial charge in [0.15, 0.2) is 6.17 Å². The van der Waals surface area contributed by atoms with E-state index in [9.17, 15) is 13.2 Å². The van der Waals surface area contributed by atoms with Gasteiger partial charge in [0.2, 0.25) is 10.0 Å². The molecule has 0 radical (unpaired) electrons. The van der Waals surface area contributed by atoms with Crippen LogP contribution in [0.25, 0.3) is 0 Å². The summed E-state index contributed by atoms with van der Waals surface area (Å²) in [4.78, 5) is 12.3. The van der Waals surface area contributed by atoms with Crippen molar-refractivity contribution in [3.8, 4) is 0 Å². The van der Waals surface area contributed by atoms with Gasteiger partial charge in [0.05, 0.1) is 17.3 Å². The van der Waals surface area contributed by atoms with Gasteiger partial charge in [-0.05, 0) is 36.8 Å². The fraction of sp³-hybridized carbons (Fsp3) is 0.235. The van der Waals surface area contributed by atoms with Crippen molar-refractivity contribution in [3.63, 3.8) is 0 Å². The van der Waals surface area contributed by atoms with Crippen LogP contribution in [0.4, 0.5) is 5.69 Å². The fourth-order valence-corrected chi connectivity index (χ4v) is 5.70. The Balaban J connectivity index is 2.12. The molecule has 1 aliphatic rings. The highest BCUT2D eigenvalue weighted by atomic mass is 79.9. The smallest absolute Gasteiger partial charge is 0.345 e. The Morgan fingerprint density at radius 1 is 1.30 bits per heavy atom. The van der Waals surface area contributed by atoms with Gasteiger partial charge in [0.1, 0.15) is 4.90 Å². The predicted octanol–water partition coefficient (Wildman–Crippen LogP) is 4.26. The number of nitrogens with zero attached hydrogens (tertiary/aromatic N) is 1. The number of carbonyl (C=O) groups excluding carboxylic acids is 1. The maximum absolute atomic E-state index is 13.3. The molecule has 27 heavy (non-hydrogen) atoms. The van der Waals surface area contributed by atoms with Crippen molar-refractivity contribution in [1.29, 1.82) is 0 Å². The lowest BCUT2D eigenvalue weighted by molar-refractivity contribution is -0.146. The Labute approximate surface area is 175 Å². The summed E-state index contributed by atoms with van der Waals surface area (Å²) in [5, 5.41) is 3.13. The third-order valence-corrected chi connectivity index (χ3v) is 6.93. The molecule has 1 atom stereocenters. The number of fused-ring (bicyclic) bond motifs is 1. The quantitative estimate of drug-likeness (QED) is 0.644. The molecule has 0 saturated carbocycles. The zero-order valence-corrected chi connectivity index (χ0v) is 18.0. The van der Waals surface area contributed by atoms with Crippen molar-refractivity contribution in [2.45, 2.75) is 24.5 Å². The van der Waals surface area contributed by atoms with E-state index < -0.39 is 22.2 Å². The molecule has 6 nitrogen and oxygen atoms in total. The second-order valence-electron chi connectivity index (χ2n) is 5.74. The SMILES string of the molecule is CCOC(=O)C1Nc2cc(Cl)cc(Cl)c2S(=O)(=O)N1Cc1cccc(Br)c1. The standard InChI is InChI=1S/C17H15BrCl2N2O4S/c1-2-26-17(23)16-21-14-8-12(19)7-13(20)15(14)27(24,25)22(16)9-10-4-3-5-11(18)6-10/h3-8,16,21H,2,9H2,1H3. The summed E-state index contributed by atoms with van der Waals surface area (Å²) < 4.78 is 33.5. The van der Waals surface area contributed by atoms with Gasteiger partial charge < -0.3 is 10.1 Å². The van der Waals surface area contributed by atoms with Crippen LogP contribution in [0.5, 0.6) is 0 Å². The van der Waals surface area contributed by atoms with Crippen molar-refractivity contribution < 1.29 is 17.9 Å². The first kappa shape index (κ1) is 20.4. The highest BCUT2D eigenvalue weighted by Crippen LogP contribution is 2.40. The Morgan fingerprint density at radius 2 is 2.04 bits per heavy atom. The van der Waals surface area contributed by atoms with Gasteiger partial charge in [-0.3, -0.25) is 0 Å². The van der Waals surface area contributed by atoms with Gasteiger partial charge in [-0.2, -0.15) is 4.31 Å². The van der Waals surface area contributed by atoms with E-state index in [4.69, 9.17) is 27.9 Å². The molecular weight excluding hydrogens is 479 g/mol. The van der Waals surface area contributed by atoms with E-state index in [2.05, 4.69) is 21.2 Å². The Hall–Kier alpha value is -1.32. The normalized spacial score (nSPS) is 18.4. The first-order valence-electron chi connectivity index (χ1n) is 7.92. The highest BCUT2D eigenvalue weighted by Gasteiger charge is 2.44. The van der Waals surface area contributed by atoms with Crippen LogP contribution in [0.15, 0.2) is 45.8 Å². The van der Waals surface area contributed by atoms with Gasteiger partial charge in [-0.25, -0.2) is 13.2 Å². The number of rotatable bonds is 4. The van der Waals surface area contributed by atoms with E-state index >= 15 is 0 Å². The molecule has 10 heteroatoms. The number of carbonyl (C=O) groups is 1. The Morgan fingerprint density at radius 3 is 2.70 bits per heavy atom. The topological polar surface area (TPSA) is 75.7 Å². The Bertz CT molecular complexity index is 1000. The molecule has 144 valence electrons. The van der Waals surface area contributed by atoms with Gasteiger partial charge in [0, 0.05) is 16.0 Å². The van der Waals surface area contributed by atoms with Crippen molar-refractivity contribution in [3.05, 3.63) is 56.5 Å². The summed E-state index contributed by atoms with van der Waals surface area (Å²) in [6, 6.07) is 9.91. The van der Waals surface area contributed by atoms with Crippen LogP contribution >= 0.6 is 39.1 Å². The number of anilines is 1. The summed E-state index contributed by atoms with van der Waals surface area (Å²) in [7, 11) is -4.09. The van der Waals surface area contributed by atoms with E-state index in [1.807, 2.05) is 6.07 Å². The number of benzene rings is 2. The van der Waals surface area contributed by atoms with Crippen molar-refractivity contribution in [1.82, 2.24) is 4.31 Å². The molecule has 1 aliphatic heterocycles. The summed E-state index contributed by atoms with van der Waals surface area (Å²) in [6.07, 6.45) is -1.24. The molecule has 3 rings (SSSR count). The molecule has 1 N–H and O–H groups in total. The maximum Gasteiger partial charge on any atom is 0.345 e.